The van der Waals surface area contributed by atoms with E-state index in [0.29, 0.717) is 29.2 Å². The summed E-state index contributed by atoms with van der Waals surface area (Å²) < 4.78 is -0.379. The van der Waals surface area contributed by atoms with Gasteiger partial charge in [-0.15, -0.1) is 51.5 Å². The van der Waals surface area contributed by atoms with Crippen molar-refractivity contribution < 1.29 is 36.9 Å². The summed E-state index contributed by atoms with van der Waals surface area (Å²) in [5.41, 5.74) is 9.29. The van der Waals surface area contributed by atoms with Crippen LogP contribution in [0, 0.1) is 20.8 Å². The van der Waals surface area contributed by atoms with Crippen LogP contribution in [0.5, 0.6) is 0 Å². The molecule has 3 aromatic rings. The van der Waals surface area contributed by atoms with Gasteiger partial charge in [-0.25, -0.2) is 0 Å². The number of aromatic nitrogens is 3. The van der Waals surface area contributed by atoms with Crippen molar-refractivity contribution in [1.29, 1.82) is 0 Å². The van der Waals surface area contributed by atoms with Gasteiger partial charge < -0.3 is 30.5 Å². The number of carbonyl (C=O) groups is 2. The molecule has 2 N–H and O–H groups in total. The molecule has 8 bridgehead atoms. The minimum atomic E-state index is -0.893. The van der Waals surface area contributed by atoms with Crippen molar-refractivity contribution in [2.24, 2.45) is 0 Å². The average molecular weight is 682 g/mol. The Balaban J connectivity index is 0.00000400. The van der Waals surface area contributed by atoms with Crippen LogP contribution in [-0.2, 0) is 51.3 Å². The second kappa shape index (κ2) is 12.0. The first-order valence-corrected chi connectivity index (χ1v) is 15.7. The van der Waals surface area contributed by atoms with Gasteiger partial charge in [-0.3, -0.25) is 9.59 Å². The summed E-state index contributed by atoms with van der Waals surface area (Å²) in [4.78, 5) is 40.1. The molecule has 0 aliphatic carbocycles. The maximum Gasteiger partial charge on any atom is 4.00 e. The molecule has 0 unspecified atom stereocenters. The van der Waals surface area contributed by atoms with E-state index in [4.69, 9.17) is 32.9 Å². The molecule has 6 heterocycles. The smallest absolute Gasteiger partial charge is 0.657 e. The minimum absolute atomic E-state index is 0. The summed E-state index contributed by atoms with van der Waals surface area (Å²) in [7, 11) is 0. The second-order valence-electron chi connectivity index (χ2n) is 11.6. The second-order valence-corrected chi connectivity index (χ2v) is 13.7. The Bertz CT molecular complexity index is 2130. The Morgan fingerprint density at radius 1 is 0.822 bits per heavy atom. The number of nitrogens with zero attached hydrogens (tertiary/aromatic N) is 4. The van der Waals surface area contributed by atoms with Gasteiger partial charge in [0.25, 0.3) is 0 Å². The number of fused-ring (bicyclic) bond motifs is 9. The van der Waals surface area contributed by atoms with Crippen LogP contribution >= 0.6 is 12.6 Å². The van der Waals surface area contributed by atoms with E-state index in [1.807, 2.05) is 52.0 Å². The molecule has 1 spiro atoms. The molecule has 0 aromatic carbocycles. The number of aliphatic carboxylic acids is 2. The maximum atomic E-state index is 11.6. The molecule has 3 aliphatic heterocycles. The normalized spacial score (nSPS) is 22.2. The summed E-state index contributed by atoms with van der Waals surface area (Å²) in [5, 5.41) is 27.1. The van der Waals surface area contributed by atoms with Crippen LogP contribution in [0.3, 0.4) is 0 Å². The third-order valence-electron chi connectivity index (χ3n) is 8.87. The molecule has 0 saturated carbocycles. The minimum Gasteiger partial charge on any atom is -0.657 e. The van der Waals surface area contributed by atoms with Crippen molar-refractivity contribution in [3.63, 3.8) is 0 Å². The topological polar surface area (TPSA) is 131 Å². The van der Waals surface area contributed by atoms with Gasteiger partial charge in [0.15, 0.2) is 4.91 Å². The molecule has 3 aliphatic rings. The molecular weight excluding hydrogens is 648 g/mol. The molecular formula is C34H33FeN4O4S2+. The molecule has 1 fully saturated rings. The fraction of sp³-hybridized carbons (Fsp3) is 0.294. The van der Waals surface area contributed by atoms with Gasteiger partial charge in [0.1, 0.15) is 0 Å². The molecule has 0 radical (unpaired) electrons. The van der Waals surface area contributed by atoms with E-state index in [0.717, 1.165) is 88.3 Å². The summed E-state index contributed by atoms with van der Waals surface area (Å²) >= 11 is 5.81. The third-order valence-corrected chi connectivity index (χ3v) is 10.6. The molecule has 11 heteroatoms. The molecule has 45 heavy (non-hydrogen) atoms. The SMILES string of the molecule is C=C1[SH+][C@]12C(C)=C1/C=c3\[n-]c(c(C)\c3=C(\C)S)/C=c3\[n-]/c(c(CCC(=O)O)c3C)=C\c3[n-]c(c(C)c3CCC(=O)O)/C=C/2[N-]1.[Fe+4]. The number of hydrogen-bond acceptors (Lipinski definition) is 3. The van der Waals surface area contributed by atoms with Gasteiger partial charge in [0.2, 0.25) is 4.75 Å². The zero-order valence-corrected chi connectivity index (χ0v) is 28.5. The fourth-order valence-electron chi connectivity index (χ4n) is 6.31. The van der Waals surface area contributed by atoms with Crippen molar-refractivity contribution in [3.05, 3.63) is 99.9 Å². The van der Waals surface area contributed by atoms with E-state index >= 15 is 0 Å². The first-order chi connectivity index (χ1) is 20.8. The summed E-state index contributed by atoms with van der Waals surface area (Å²) in [6.07, 6.45) is 8.34. The van der Waals surface area contributed by atoms with Crippen LogP contribution in [0.25, 0.3) is 34.5 Å². The number of hydrogen-bond donors (Lipinski definition) is 3. The first kappa shape index (κ1) is 32.9. The molecule has 8 nitrogen and oxygen atoms in total. The van der Waals surface area contributed by atoms with Crippen LogP contribution in [0.2, 0.25) is 0 Å². The third kappa shape index (κ3) is 5.60. The Labute approximate surface area is 281 Å². The Morgan fingerprint density at radius 2 is 1.42 bits per heavy atom. The number of carboxylic acid groups (broad SMARTS) is 2. The van der Waals surface area contributed by atoms with Gasteiger partial charge in [-0.2, -0.15) is 0 Å². The van der Waals surface area contributed by atoms with E-state index in [9.17, 15) is 19.8 Å². The molecule has 1 saturated heterocycles. The molecule has 3 aromatic heterocycles. The van der Waals surface area contributed by atoms with Gasteiger partial charge in [-0.05, 0) is 69.7 Å². The number of thiol groups is 2. The molecule has 6 rings (SSSR count). The van der Waals surface area contributed by atoms with E-state index in [-0.39, 0.29) is 34.7 Å². The first-order valence-electron chi connectivity index (χ1n) is 14.4. The Morgan fingerprint density at radius 3 is 2.02 bits per heavy atom. The number of rotatable bonds is 6. The predicted octanol–water partition coefficient (Wildman–Crippen LogP) is 2.11. The van der Waals surface area contributed by atoms with Crippen LogP contribution in [-0.4, -0.2) is 26.9 Å². The average Bonchev–Trinajstić information content (AvgIpc) is 3.08. The van der Waals surface area contributed by atoms with E-state index in [1.54, 1.807) is 0 Å². The number of carboxylic acids is 2. The van der Waals surface area contributed by atoms with Crippen molar-refractivity contribution in [2.75, 3.05) is 0 Å². The van der Waals surface area contributed by atoms with E-state index in [1.165, 1.54) is 0 Å². The molecule has 1 atom stereocenters. The largest absolute Gasteiger partial charge is 4.00 e. The van der Waals surface area contributed by atoms with Crippen molar-refractivity contribution in [3.8, 4) is 0 Å². The predicted molar refractivity (Wildman–Crippen MR) is 178 cm³/mol. The maximum absolute atomic E-state index is 11.6. The van der Waals surface area contributed by atoms with Crippen molar-refractivity contribution >= 4 is 65.5 Å². The van der Waals surface area contributed by atoms with Gasteiger partial charge in [0.05, 0.1) is 0 Å². The number of allylic oxidation sites excluding steroid dienone is 1. The Hall–Kier alpha value is -3.50. The van der Waals surface area contributed by atoms with E-state index in [2.05, 4.69) is 13.5 Å². The van der Waals surface area contributed by atoms with E-state index < -0.39 is 11.9 Å². The van der Waals surface area contributed by atoms with Gasteiger partial charge in [-0.1, -0.05) is 57.8 Å². The molecule has 232 valence electrons. The fourth-order valence-corrected chi connectivity index (χ4v) is 7.73. The van der Waals surface area contributed by atoms with Gasteiger partial charge >= 0.3 is 29.0 Å². The zero-order chi connectivity index (χ0) is 31.7. The van der Waals surface area contributed by atoms with Crippen molar-refractivity contribution in [2.45, 2.75) is 65.0 Å². The standard InChI is InChI=1S/C34H32N4O4S2.Fe/c1-15-21(7-9-31(39)40)27-13-28-22(8-10-32(41)42)16(2)25(36-28)14-30-34(20(6)44-34)18(4)26(38-30)12-29-33(19(5)43)17(3)24(37-29)11-23(15)35-27;/h11-14,43H,6-10H2,1-5H3,(H,39,40)(H,41,42);/q-4;+4/p+1/b23-11-,27-13-,29-12-,30-14-,33-19+;/t34-;/m1./s1. The van der Waals surface area contributed by atoms with Crippen LogP contribution in [0.1, 0.15) is 71.6 Å². The van der Waals surface area contributed by atoms with Crippen LogP contribution < -0.4 is 36.2 Å². The monoisotopic (exact) mass is 681 g/mol. The van der Waals surface area contributed by atoms with Crippen LogP contribution in [0.4, 0.5) is 0 Å². The van der Waals surface area contributed by atoms with Crippen LogP contribution in [0.15, 0.2) is 28.5 Å². The van der Waals surface area contributed by atoms with Crippen molar-refractivity contribution in [1.82, 2.24) is 15.0 Å². The summed E-state index contributed by atoms with van der Waals surface area (Å²) in [6.45, 7) is 14.3. The molecule has 0 amide bonds. The summed E-state index contributed by atoms with van der Waals surface area (Å²) in [5.74, 6) is -1.78. The summed E-state index contributed by atoms with van der Waals surface area (Å²) in [6, 6.07) is 0. The Kier molecular flexibility index (Phi) is 8.78. The van der Waals surface area contributed by atoms with Gasteiger partial charge in [0, 0.05) is 24.6 Å². The zero-order valence-electron chi connectivity index (χ0n) is 25.6. The quantitative estimate of drug-likeness (QED) is 0.157.